The van der Waals surface area contributed by atoms with Crippen LogP contribution in [0.15, 0.2) is 17.4 Å². The van der Waals surface area contributed by atoms with Crippen molar-refractivity contribution in [2.75, 3.05) is 0 Å². The van der Waals surface area contributed by atoms with Gasteiger partial charge in [-0.15, -0.1) is 0 Å². The number of rotatable bonds is 1. The number of hydrogen-bond donors (Lipinski definition) is 2. The lowest BCUT2D eigenvalue weighted by Gasteiger charge is -1.87. The highest BCUT2D eigenvalue weighted by Crippen LogP contribution is 1.92. The van der Waals surface area contributed by atoms with E-state index in [9.17, 15) is 0 Å². The highest BCUT2D eigenvalue weighted by atomic mass is 16.4. The van der Waals surface area contributed by atoms with Crippen molar-refractivity contribution in [2.24, 2.45) is 5.16 Å². The maximum Gasteiger partial charge on any atom is 0.101 e. The number of nitrogens with zero attached hydrogens (tertiary/aromatic N) is 2. The normalized spacial score (nSPS) is 11.9. The summed E-state index contributed by atoms with van der Waals surface area (Å²) in [5, 5.41) is 17.5. The highest BCUT2D eigenvalue weighted by molar-refractivity contribution is 5.96. The standard InChI is InChI=1S/C5H7N3O/c1-4(8-9)5-2-3-6-7-5/h2-3,9H,1H3,(H,6,7)/b8-4-. The molecule has 0 amide bonds. The Morgan fingerprint density at radius 3 is 3.11 bits per heavy atom. The molecule has 48 valence electrons. The second-order valence-corrected chi connectivity index (χ2v) is 1.66. The van der Waals surface area contributed by atoms with E-state index in [1.165, 1.54) is 0 Å². The molecule has 9 heavy (non-hydrogen) atoms. The third-order valence-electron chi connectivity index (χ3n) is 1.04. The van der Waals surface area contributed by atoms with Crippen LogP contribution in [0.1, 0.15) is 12.6 Å². The van der Waals surface area contributed by atoms with Crippen LogP contribution in [0.5, 0.6) is 0 Å². The van der Waals surface area contributed by atoms with Crippen LogP contribution in [-0.4, -0.2) is 21.1 Å². The smallest absolute Gasteiger partial charge is 0.101 e. The van der Waals surface area contributed by atoms with Crippen molar-refractivity contribution in [1.29, 1.82) is 0 Å². The van der Waals surface area contributed by atoms with Gasteiger partial charge in [0.1, 0.15) is 5.71 Å². The van der Waals surface area contributed by atoms with E-state index in [4.69, 9.17) is 5.21 Å². The molecule has 1 heterocycles. The van der Waals surface area contributed by atoms with Gasteiger partial charge in [0.05, 0.1) is 5.69 Å². The predicted octanol–water partition coefficient (Wildman–Crippen LogP) is 0.608. The molecule has 0 radical (unpaired) electrons. The van der Waals surface area contributed by atoms with Crippen LogP contribution in [-0.2, 0) is 0 Å². The summed E-state index contributed by atoms with van der Waals surface area (Å²) in [5.41, 5.74) is 1.27. The van der Waals surface area contributed by atoms with E-state index in [1.54, 1.807) is 19.2 Å². The largest absolute Gasteiger partial charge is 0.411 e. The average molecular weight is 125 g/mol. The first-order chi connectivity index (χ1) is 4.34. The van der Waals surface area contributed by atoms with E-state index >= 15 is 0 Å². The summed E-state index contributed by atoms with van der Waals surface area (Å²) in [6, 6.07) is 1.73. The molecule has 0 aromatic carbocycles. The molecular formula is C5H7N3O. The Labute approximate surface area is 52.2 Å². The number of H-pyrrole nitrogens is 1. The first kappa shape index (κ1) is 5.81. The van der Waals surface area contributed by atoms with Gasteiger partial charge in [0.2, 0.25) is 0 Å². The molecule has 0 saturated heterocycles. The van der Waals surface area contributed by atoms with E-state index in [1.807, 2.05) is 0 Å². The predicted molar refractivity (Wildman–Crippen MR) is 32.6 cm³/mol. The molecule has 0 aliphatic carbocycles. The SMILES string of the molecule is C/C(=N/O)c1ccn[nH]1. The average Bonchev–Trinajstić information content (AvgIpc) is 2.37. The molecule has 0 atom stereocenters. The van der Waals surface area contributed by atoms with Gasteiger partial charge in [-0.25, -0.2) is 0 Å². The fourth-order valence-electron chi connectivity index (χ4n) is 0.511. The Bertz CT molecular complexity index is 202. The molecule has 4 nitrogen and oxygen atoms in total. The van der Waals surface area contributed by atoms with Gasteiger partial charge in [0, 0.05) is 6.20 Å². The molecule has 2 N–H and O–H groups in total. The molecule has 1 aromatic rings. The van der Waals surface area contributed by atoms with Crippen molar-refractivity contribution in [3.05, 3.63) is 18.0 Å². The number of aromatic amines is 1. The van der Waals surface area contributed by atoms with Crippen LogP contribution in [0.2, 0.25) is 0 Å². The molecule has 0 saturated carbocycles. The van der Waals surface area contributed by atoms with Crippen molar-refractivity contribution in [2.45, 2.75) is 6.92 Å². The van der Waals surface area contributed by atoms with Crippen LogP contribution in [0.3, 0.4) is 0 Å². The van der Waals surface area contributed by atoms with Crippen molar-refractivity contribution in [3.63, 3.8) is 0 Å². The number of aromatic nitrogens is 2. The summed E-state index contributed by atoms with van der Waals surface area (Å²) in [6.07, 6.45) is 1.60. The molecule has 4 heteroatoms. The summed E-state index contributed by atoms with van der Waals surface area (Å²) in [5.74, 6) is 0. The number of hydrogen-bond acceptors (Lipinski definition) is 3. The summed E-state index contributed by atoms with van der Waals surface area (Å²) in [4.78, 5) is 0. The van der Waals surface area contributed by atoms with Gasteiger partial charge in [0.25, 0.3) is 0 Å². The van der Waals surface area contributed by atoms with Crippen LogP contribution in [0.25, 0.3) is 0 Å². The van der Waals surface area contributed by atoms with Gasteiger partial charge in [-0.2, -0.15) is 5.10 Å². The zero-order valence-electron chi connectivity index (χ0n) is 5.00. The topological polar surface area (TPSA) is 61.3 Å². The van der Waals surface area contributed by atoms with E-state index in [0.717, 1.165) is 5.69 Å². The van der Waals surface area contributed by atoms with Crippen LogP contribution < -0.4 is 0 Å². The monoisotopic (exact) mass is 125 g/mol. The molecule has 0 spiro atoms. The molecule has 0 bridgehead atoms. The zero-order valence-corrected chi connectivity index (χ0v) is 5.00. The van der Waals surface area contributed by atoms with Gasteiger partial charge in [0.15, 0.2) is 0 Å². The quantitative estimate of drug-likeness (QED) is 0.328. The van der Waals surface area contributed by atoms with Gasteiger partial charge < -0.3 is 5.21 Å². The van der Waals surface area contributed by atoms with Gasteiger partial charge in [-0.3, -0.25) is 5.10 Å². The number of nitrogens with one attached hydrogen (secondary N) is 1. The summed E-state index contributed by atoms with van der Waals surface area (Å²) in [7, 11) is 0. The van der Waals surface area contributed by atoms with E-state index in [2.05, 4.69) is 15.4 Å². The van der Waals surface area contributed by atoms with E-state index in [-0.39, 0.29) is 0 Å². The minimum Gasteiger partial charge on any atom is -0.411 e. The Morgan fingerprint density at radius 2 is 2.67 bits per heavy atom. The maximum absolute atomic E-state index is 8.25. The Kier molecular flexibility index (Phi) is 1.48. The van der Waals surface area contributed by atoms with E-state index in [0.29, 0.717) is 5.71 Å². The second kappa shape index (κ2) is 2.30. The van der Waals surface area contributed by atoms with Crippen molar-refractivity contribution < 1.29 is 5.21 Å². The van der Waals surface area contributed by atoms with Crippen LogP contribution in [0.4, 0.5) is 0 Å². The maximum atomic E-state index is 8.25. The van der Waals surface area contributed by atoms with Crippen molar-refractivity contribution in [3.8, 4) is 0 Å². The molecular weight excluding hydrogens is 118 g/mol. The first-order valence-electron chi connectivity index (χ1n) is 2.53. The third kappa shape index (κ3) is 1.07. The van der Waals surface area contributed by atoms with Crippen LogP contribution >= 0.6 is 0 Å². The minimum atomic E-state index is 0.535. The van der Waals surface area contributed by atoms with Crippen molar-refractivity contribution >= 4 is 5.71 Å². The summed E-state index contributed by atoms with van der Waals surface area (Å²) < 4.78 is 0. The number of oxime groups is 1. The van der Waals surface area contributed by atoms with Crippen LogP contribution in [0, 0.1) is 0 Å². The molecule has 0 fully saturated rings. The van der Waals surface area contributed by atoms with E-state index < -0.39 is 0 Å². The first-order valence-corrected chi connectivity index (χ1v) is 2.53. The third-order valence-corrected chi connectivity index (χ3v) is 1.04. The molecule has 0 unspecified atom stereocenters. The molecule has 1 aromatic heterocycles. The fourth-order valence-corrected chi connectivity index (χ4v) is 0.511. The summed E-state index contributed by atoms with van der Waals surface area (Å²) in [6.45, 7) is 1.69. The summed E-state index contributed by atoms with van der Waals surface area (Å²) >= 11 is 0. The molecule has 1 rings (SSSR count). The minimum absolute atomic E-state index is 0.535. The van der Waals surface area contributed by atoms with Gasteiger partial charge >= 0.3 is 0 Å². The molecule has 0 aliphatic rings. The van der Waals surface area contributed by atoms with Gasteiger partial charge in [-0.05, 0) is 13.0 Å². The van der Waals surface area contributed by atoms with Crippen molar-refractivity contribution in [1.82, 2.24) is 10.2 Å². The van der Waals surface area contributed by atoms with Gasteiger partial charge in [-0.1, -0.05) is 5.16 Å². The second-order valence-electron chi connectivity index (χ2n) is 1.66. The fraction of sp³-hybridized carbons (Fsp3) is 0.200. The Balaban J connectivity index is 2.90. The lowest BCUT2D eigenvalue weighted by Crippen LogP contribution is -1.93. The Morgan fingerprint density at radius 1 is 1.89 bits per heavy atom. The highest BCUT2D eigenvalue weighted by Gasteiger charge is 1.95. The lowest BCUT2D eigenvalue weighted by molar-refractivity contribution is 0.319. The lowest BCUT2D eigenvalue weighted by atomic mass is 10.3. The Hall–Kier alpha value is -1.32. The molecule has 0 aliphatic heterocycles. The zero-order chi connectivity index (χ0) is 6.69.